The second-order valence-electron chi connectivity index (χ2n) is 4.39. The fourth-order valence-electron chi connectivity index (χ4n) is 2.32. The van der Waals surface area contributed by atoms with Gasteiger partial charge in [-0.3, -0.25) is 0 Å². The van der Waals surface area contributed by atoms with E-state index in [1.54, 1.807) is 6.33 Å². The fourth-order valence-corrected chi connectivity index (χ4v) is 2.77. The van der Waals surface area contributed by atoms with Gasteiger partial charge in [-0.05, 0) is 41.7 Å². The zero-order valence-corrected chi connectivity index (χ0v) is 11.8. The number of piperidine rings is 1. The number of hydrogen-bond acceptors (Lipinski definition) is 4. The minimum atomic E-state index is 0.551. The van der Waals surface area contributed by atoms with E-state index in [2.05, 4.69) is 43.0 Å². The summed E-state index contributed by atoms with van der Waals surface area (Å²) in [5.74, 6) is 1.02. The summed E-state index contributed by atoms with van der Waals surface area (Å²) in [4.78, 5) is 10.8. The van der Waals surface area contributed by atoms with Gasteiger partial charge in [0.25, 0.3) is 0 Å². The van der Waals surface area contributed by atoms with Crippen LogP contribution in [0.4, 0.5) is 5.82 Å². The van der Waals surface area contributed by atoms with Gasteiger partial charge in [0, 0.05) is 25.3 Å². The van der Waals surface area contributed by atoms with Gasteiger partial charge in [0.15, 0.2) is 0 Å². The first kappa shape index (κ1) is 12.8. The monoisotopic (exact) mass is 298 g/mol. The number of rotatable bonds is 4. The summed E-state index contributed by atoms with van der Waals surface area (Å²) in [6.45, 7) is 5.44. The molecule has 1 N–H and O–H groups in total. The van der Waals surface area contributed by atoms with Crippen LogP contribution in [0.15, 0.2) is 17.0 Å². The molecule has 1 unspecified atom stereocenters. The third kappa shape index (κ3) is 3.16. The molecule has 1 atom stereocenters. The molecule has 2 heterocycles. The Morgan fingerprint density at radius 3 is 3.12 bits per heavy atom. The average Bonchev–Trinajstić information content (AvgIpc) is 2.38. The van der Waals surface area contributed by atoms with Crippen LogP contribution in [0.25, 0.3) is 0 Å². The Bertz CT molecular complexity index is 352. The lowest BCUT2D eigenvalue weighted by molar-refractivity contribution is 0.428. The van der Waals surface area contributed by atoms with Gasteiger partial charge in [0.05, 0.1) is 4.47 Å². The second-order valence-corrected chi connectivity index (χ2v) is 5.24. The second kappa shape index (κ2) is 6.31. The summed E-state index contributed by atoms with van der Waals surface area (Å²) in [5, 5.41) is 3.46. The highest BCUT2D eigenvalue weighted by molar-refractivity contribution is 9.10. The molecule has 1 aliphatic rings. The van der Waals surface area contributed by atoms with Gasteiger partial charge in [0.2, 0.25) is 0 Å². The van der Waals surface area contributed by atoms with E-state index >= 15 is 0 Å². The highest BCUT2D eigenvalue weighted by Gasteiger charge is 2.22. The van der Waals surface area contributed by atoms with Crippen molar-refractivity contribution in [1.82, 2.24) is 15.3 Å². The van der Waals surface area contributed by atoms with Gasteiger partial charge < -0.3 is 10.2 Å². The van der Waals surface area contributed by atoms with Gasteiger partial charge >= 0.3 is 0 Å². The van der Waals surface area contributed by atoms with Gasteiger partial charge in [-0.2, -0.15) is 0 Å². The minimum Gasteiger partial charge on any atom is -0.351 e. The highest BCUT2D eigenvalue weighted by Crippen LogP contribution is 2.26. The fraction of sp³-hybridized carbons (Fsp3) is 0.667. The van der Waals surface area contributed by atoms with Crippen LogP contribution in [0.2, 0.25) is 0 Å². The summed E-state index contributed by atoms with van der Waals surface area (Å²) in [5.41, 5.74) is 0. The first-order valence-corrected chi connectivity index (χ1v) is 7.05. The number of nitrogens with one attached hydrogen (secondary N) is 1. The number of aromatic nitrogens is 2. The molecule has 94 valence electrons. The average molecular weight is 299 g/mol. The topological polar surface area (TPSA) is 41.1 Å². The normalized spacial score (nSPS) is 20.2. The maximum Gasteiger partial charge on any atom is 0.146 e. The standard InChI is InChI=1S/C12H19BrN4/c1-2-6-17(10-4-3-5-14-7-10)12-11(13)8-15-9-16-12/h8-10,14H,2-7H2,1H3. The molecule has 1 aliphatic heterocycles. The number of anilines is 1. The van der Waals surface area contributed by atoms with Crippen LogP contribution in [0.5, 0.6) is 0 Å². The van der Waals surface area contributed by atoms with Crippen molar-refractivity contribution in [3.05, 3.63) is 17.0 Å². The smallest absolute Gasteiger partial charge is 0.146 e. The van der Waals surface area contributed by atoms with Crippen LogP contribution in [-0.4, -0.2) is 35.6 Å². The van der Waals surface area contributed by atoms with Crippen LogP contribution in [-0.2, 0) is 0 Å². The lowest BCUT2D eigenvalue weighted by Gasteiger charge is -2.35. The minimum absolute atomic E-state index is 0.551. The van der Waals surface area contributed by atoms with Crippen molar-refractivity contribution in [2.24, 2.45) is 0 Å². The molecule has 0 bridgehead atoms. The lowest BCUT2D eigenvalue weighted by atomic mass is 10.1. The first-order valence-electron chi connectivity index (χ1n) is 6.25. The molecule has 0 aromatic carbocycles. The zero-order chi connectivity index (χ0) is 12.1. The molecule has 0 saturated carbocycles. The molecule has 17 heavy (non-hydrogen) atoms. The van der Waals surface area contributed by atoms with Crippen LogP contribution in [0, 0.1) is 0 Å². The summed E-state index contributed by atoms with van der Waals surface area (Å²) < 4.78 is 0.985. The molecule has 5 heteroatoms. The van der Waals surface area contributed by atoms with Gasteiger partial charge in [-0.15, -0.1) is 0 Å². The van der Waals surface area contributed by atoms with E-state index in [0.717, 1.165) is 36.3 Å². The molecule has 1 aromatic heterocycles. The van der Waals surface area contributed by atoms with Crippen molar-refractivity contribution in [2.45, 2.75) is 32.2 Å². The van der Waals surface area contributed by atoms with Crippen molar-refractivity contribution < 1.29 is 0 Å². The van der Waals surface area contributed by atoms with E-state index in [1.807, 2.05) is 6.20 Å². The molecule has 2 rings (SSSR count). The SMILES string of the molecule is CCCN(c1ncncc1Br)C1CCCNC1. The maximum atomic E-state index is 4.41. The van der Waals surface area contributed by atoms with E-state index in [9.17, 15) is 0 Å². The predicted octanol–water partition coefficient (Wildman–Crippen LogP) is 2.21. The Morgan fingerprint density at radius 1 is 1.59 bits per heavy atom. The molecular weight excluding hydrogens is 280 g/mol. The summed E-state index contributed by atoms with van der Waals surface area (Å²) in [6, 6.07) is 0.551. The number of nitrogens with zero attached hydrogens (tertiary/aromatic N) is 3. The maximum absolute atomic E-state index is 4.41. The lowest BCUT2D eigenvalue weighted by Crippen LogP contribution is -2.47. The number of hydrogen-bond donors (Lipinski definition) is 1. The molecule has 0 aliphatic carbocycles. The van der Waals surface area contributed by atoms with E-state index in [-0.39, 0.29) is 0 Å². The molecule has 4 nitrogen and oxygen atoms in total. The molecule has 0 amide bonds. The molecule has 1 aromatic rings. The van der Waals surface area contributed by atoms with Gasteiger partial charge in [-0.25, -0.2) is 9.97 Å². The van der Waals surface area contributed by atoms with Crippen LogP contribution in [0.3, 0.4) is 0 Å². The van der Waals surface area contributed by atoms with E-state index in [1.165, 1.54) is 12.8 Å². The summed E-state index contributed by atoms with van der Waals surface area (Å²) in [6.07, 6.45) is 7.06. The molecule has 1 saturated heterocycles. The van der Waals surface area contributed by atoms with Crippen molar-refractivity contribution in [1.29, 1.82) is 0 Å². The highest BCUT2D eigenvalue weighted by atomic mass is 79.9. The van der Waals surface area contributed by atoms with Gasteiger partial charge in [0.1, 0.15) is 12.1 Å². The first-order chi connectivity index (χ1) is 8.33. The van der Waals surface area contributed by atoms with Crippen molar-refractivity contribution >= 4 is 21.7 Å². The summed E-state index contributed by atoms with van der Waals surface area (Å²) in [7, 11) is 0. The predicted molar refractivity (Wildman–Crippen MR) is 73.3 cm³/mol. The Labute approximate surface area is 111 Å². The van der Waals surface area contributed by atoms with Crippen LogP contribution in [0.1, 0.15) is 26.2 Å². The number of halogens is 1. The van der Waals surface area contributed by atoms with Crippen molar-refractivity contribution in [2.75, 3.05) is 24.5 Å². The van der Waals surface area contributed by atoms with E-state index in [4.69, 9.17) is 0 Å². The largest absolute Gasteiger partial charge is 0.351 e. The molecule has 1 fully saturated rings. The molecule has 0 spiro atoms. The Kier molecular flexibility index (Phi) is 4.74. The summed E-state index contributed by atoms with van der Waals surface area (Å²) >= 11 is 3.55. The van der Waals surface area contributed by atoms with Crippen LogP contribution >= 0.6 is 15.9 Å². The molecule has 0 radical (unpaired) electrons. The zero-order valence-electron chi connectivity index (χ0n) is 10.2. The Hall–Kier alpha value is -0.680. The van der Waals surface area contributed by atoms with Crippen LogP contribution < -0.4 is 10.2 Å². The Balaban J connectivity index is 2.18. The molecular formula is C12H19BrN4. The van der Waals surface area contributed by atoms with E-state index in [0.29, 0.717) is 6.04 Å². The Morgan fingerprint density at radius 2 is 2.47 bits per heavy atom. The third-order valence-electron chi connectivity index (χ3n) is 3.10. The van der Waals surface area contributed by atoms with Gasteiger partial charge in [-0.1, -0.05) is 6.92 Å². The van der Waals surface area contributed by atoms with E-state index < -0.39 is 0 Å². The quantitative estimate of drug-likeness (QED) is 0.925. The van der Waals surface area contributed by atoms with Crippen molar-refractivity contribution in [3.8, 4) is 0 Å². The third-order valence-corrected chi connectivity index (χ3v) is 3.66. The van der Waals surface area contributed by atoms with Crippen molar-refractivity contribution in [3.63, 3.8) is 0 Å².